The second kappa shape index (κ2) is 7.33. The number of benzene rings is 1. The van der Waals surface area contributed by atoms with Crippen LogP contribution < -0.4 is 11.1 Å². The lowest BCUT2D eigenvalue weighted by molar-refractivity contribution is -0.137. The Morgan fingerprint density at radius 2 is 2.00 bits per heavy atom. The summed E-state index contributed by atoms with van der Waals surface area (Å²) in [5.41, 5.74) is 6.95. The standard InChI is InChI=1S/C14H18N2O3/c1-3-19-13(17)9-6-11-4-7-12(8-5-11)16-14(18)10(2)15/h4-10H,3,15H2,1-2H3,(H,16,18)/b9-6+/t10-/m1/s1. The molecule has 102 valence electrons. The molecule has 1 aromatic rings. The minimum Gasteiger partial charge on any atom is -0.463 e. The highest BCUT2D eigenvalue weighted by Crippen LogP contribution is 2.11. The topological polar surface area (TPSA) is 81.4 Å². The van der Waals surface area contributed by atoms with Gasteiger partial charge in [-0.3, -0.25) is 4.79 Å². The van der Waals surface area contributed by atoms with Crippen molar-refractivity contribution in [1.29, 1.82) is 0 Å². The molecule has 0 aliphatic rings. The molecule has 0 spiro atoms. The maximum absolute atomic E-state index is 11.4. The van der Waals surface area contributed by atoms with Crippen LogP contribution >= 0.6 is 0 Å². The predicted octanol–water partition coefficient (Wildman–Crippen LogP) is 1.55. The Morgan fingerprint density at radius 3 is 2.53 bits per heavy atom. The van der Waals surface area contributed by atoms with Gasteiger partial charge < -0.3 is 15.8 Å². The lowest BCUT2D eigenvalue weighted by Gasteiger charge is -2.07. The van der Waals surface area contributed by atoms with E-state index in [0.29, 0.717) is 12.3 Å². The van der Waals surface area contributed by atoms with Crippen LogP contribution in [0.3, 0.4) is 0 Å². The number of nitrogens with two attached hydrogens (primary N) is 1. The van der Waals surface area contributed by atoms with Crippen molar-refractivity contribution < 1.29 is 14.3 Å². The van der Waals surface area contributed by atoms with Crippen LogP contribution in [0.15, 0.2) is 30.3 Å². The molecule has 0 radical (unpaired) electrons. The molecule has 0 aliphatic carbocycles. The molecule has 19 heavy (non-hydrogen) atoms. The number of carbonyl (C=O) groups excluding carboxylic acids is 2. The van der Waals surface area contributed by atoms with Gasteiger partial charge in [-0.1, -0.05) is 12.1 Å². The maximum Gasteiger partial charge on any atom is 0.330 e. The van der Waals surface area contributed by atoms with Crippen LogP contribution in [-0.4, -0.2) is 24.5 Å². The molecule has 1 atom stereocenters. The summed E-state index contributed by atoms with van der Waals surface area (Å²) in [6.45, 7) is 3.72. The van der Waals surface area contributed by atoms with Crippen molar-refractivity contribution in [3.8, 4) is 0 Å². The average molecular weight is 262 g/mol. The molecule has 0 aliphatic heterocycles. The van der Waals surface area contributed by atoms with E-state index >= 15 is 0 Å². The minimum atomic E-state index is -0.552. The van der Waals surface area contributed by atoms with E-state index in [0.717, 1.165) is 5.56 Å². The van der Waals surface area contributed by atoms with Crippen LogP contribution in [-0.2, 0) is 14.3 Å². The van der Waals surface area contributed by atoms with Crippen LogP contribution in [0.5, 0.6) is 0 Å². The van der Waals surface area contributed by atoms with Gasteiger partial charge in [0.1, 0.15) is 0 Å². The fraction of sp³-hybridized carbons (Fsp3) is 0.286. The first-order chi connectivity index (χ1) is 9.02. The molecule has 3 N–H and O–H groups in total. The Morgan fingerprint density at radius 1 is 1.37 bits per heavy atom. The van der Waals surface area contributed by atoms with Crippen molar-refractivity contribution >= 4 is 23.6 Å². The van der Waals surface area contributed by atoms with Gasteiger partial charge in [0.2, 0.25) is 5.91 Å². The molecule has 0 unspecified atom stereocenters. The number of hydrogen-bond acceptors (Lipinski definition) is 4. The summed E-state index contributed by atoms with van der Waals surface area (Å²) >= 11 is 0. The number of ether oxygens (including phenoxy) is 1. The molecule has 1 rings (SSSR count). The Bertz CT molecular complexity index is 464. The molecule has 0 bridgehead atoms. The van der Waals surface area contributed by atoms with Gasteiger partial charge in [0, 0.05) is 11.8 Å². The van der Waals surface area contributed by atoms with Crippen LogP contribution in [0, 0.1) is 0 Å². The smallest absolute Gasteiger partial charge is 0.330 e. The van der Waals surface area contributed by atoms with Crippen LogP contribution in [0.25, 0.3) is 6.08 Å². The summed E-state index contributed by atoms with van der Waals surface area (Å²) in [4.78, 5) is 22.5. The van der Waals surface area contributed by atoms with E-state index in [4.69, 9.17) is 10.5 Å². The van der Waals surface area contributed by atoms with Gasteiger partial charge in [-0.05, 0) is 37.6 Å². The van der Waals surface area contributed by atoms with Crippen molar-refractivity contribution in [1.82, 2.24) is 0 Å². The van der Waals surface area contributed by atoms with E-state index in [1.807, 2.05) is 0 Å². The van der Waals surface area contributed by atoms with Gasteiger partial charge in [0.05, 0.1) is 12.6 Å². The first kappa shape index (κ1) is 14.9. The third-order valence-electron chi connectivity index (χ3n) is 2.29. The normalized spacial score (nSPS) is 12.2. The number of carbonyl (C=O) groups is 2. The Kier molecular flexibility index (Phi) is 5.75. The second-order valence-corrected chi connectivity index (χ2v) is 3.99. The first-order valence-corrected chi connectivity index (χ1v) is 6.04. The highest BCUT2D eigenvalue weighted by atomic mass is 16.5. The summed E-state index contributed by atoms with van der Waals surface area (Å²) in [5.74, 6) is -0.619. The molecular formula is C14H18N2O3. The fourth-order valence-corrected chi connectivity index (χ4v) is 1.29. The van der Waals surface area contributed by atoms with E-state index in [1.54, 1.807) is 44.2 Å². The van der Waals surface area contributed by atoms with Crippen LogP contribution in [0.4, 0.5) is 5.69 Å². The maximum atomic E-state index is 11.4. The Labute approximate surface area is 112 Å². The van der Waals surface area contributed by atoms with Crippen molar-refractivity contribution in [2.45, 2.75) is 19.9 Å². The third kappa shape index (κ3) is 5.35. The SMILES string of the molecule is CCOC(=O)/C=C/c1ccc(NC(=O)[C@@H](C)N)cc1. The number of nitrogens with one attached hydrogen (secondary N) is 1. The minimum absolute atomic E-state index is 0.241. The zero-order chi connectivity index (χ0) is 14.3. The molecule has 0 fully saturated rings. The monoisotopic (exact) mass is 262 g/mol. The van der Waals surface area contributed by atoms with Crippen LogP contribution in [0.1, 0.15) is 19.4 Å². The molecule has 5 heteroatoms. The summed E-state index contributed by atoms with van der Waals surface area (Å²) in [6.07, 6.45) is 3.01. The number of rotatable bonds is 5. The predicted molar refractivity (Wildman–Crippen MR) is 74.4 cm³/mol. The second-order valence-electron chi connectivity index (χ2n) is 3.99. The molecule has 1 amide bonds. The lowest BCUT2D eigenvalue weighted by atomic mass is 10.2. The lowest BCUT2D eigenvalue weighted by Crippen LogP contribution is -2.32. The van der Waals surface area contributed by atoms with E-state index in [9.17, 15) is 9.59 Å². The Hall–Kier alpha value is -2.14. The van der Waals surface area contributed by atoms with Crippen LogP contribution in [0.2, 0.25) is 0 Å². The van der Waals surface area contributed by atoms with Crippen molar-refractivity contribution in [3.63, 3.8) is 0 Å². The highest BCUT2D eigenvalue weighted by molar-refractivity contribution is 5.94. The van der Waals surface area contributed by atoms with E-state index in [1.165, 1.54) is 6.08 Å². The zero-order valence-electron chi connectivity index (χ0n) is 11.1. The Balaban J connectivity index is 2.61. The third-order valence-corrected chi connectivity index (χ3v) is 2.29. The highest BCUT2D eigenvalue weighted by Gasteiger charge is 2.06. The van der Waals surface area contributed by atoms with Crippen molar-refractivity contribution in [2.24, 2.45) is 5.73 Å². The molecule has 5 nitrogen and oxygen atoms in total. The van der Waals surface area contributed by atoms with E-state index in [2.05, 4.69) is 5.32 Å². The largest absolute Gasteiger partial charge is 0.463 e. The molecule has 0 saturated heterocycles. The van der Waals surface area contributed by atoms with Gasteiger partial charge in [-0.15, -0.1) is 0 Å². The summed E-state index contributed by atoms with van der Waals surface area (Å²) in [5, 5.41) is 2.67. The van der Waals surface area contributed by atoms with E-state index in [-0.39, 0.29) is 11.9 Å². The van der Waals surface area contributed by atoms with Crippen molar-refractivity contribution in [2.75, 3.05) is 11.9 Å². The molecule has 0 aromatic heterocycles. The first-order valence-electron chi connectivity index (χ1n) is 6.04. The van der Waals surface area contributed by atoms with Gasteiger partial charge in [0.25, 0.3) is 0 Å². The van der Waals surface area contributed by atoms with E-state index < -0.39 is 6.04 Å². The van der Waals surface area contributed by atoms with Gasteiger partial charge in [-0.2, -0.15) is 0 Å². The number of esters is 1. The summed E-state index contributed by atoms with van der Waals surface area (Å²) < 4.78 is 4.77. The number of hydrogen-bond donors (Lipinski definition) is 2. The quantitative estimate of drug-likeness (QED) is 0.623. The molecule has 0 heterocycles. The summed E-state index contributed by atoms with van der Waals surface area (Å²) in [7, 11) is 0. The molecule has 0 saturated carbocycles. The summed E-state index contributed by atoms with van der Waals surface area (Å²) in [6, 6.07) is 6.50. The zero-order valence-corrected chi connectivity index (χ0v) is 11.1. The van der Waals surface area contributed by atoms with Crippen molar-refractivity contribution in [3.05, 3.63) is 35.9 Å². The van der Waals surface area contributed by atoms with Gasteiger partial charge in [-0.25, -0.2) is 4.79 Å². The van der Waals surface area contributed by atoms with Gasteiger partial charge in [0.15, 0.2) is 0 Å². The molecular weight excluding hydrogens is 244 g/mol. The number of amides is 1. The molecule has 1 aromatic carbocycles. The number of anilines is 1. The fourth-order valence-electron chi connectivity index (χ4n) is 1.29. The van der Waals surface area contributed by atoms with Gasteiger partial charge >= 0.3 is 5.97 Å². The average Bonchev–Trinajstić information content (AvgIpc) is 2.38.